The first-order valence-corrected chi connectivity index (χ1v) is 8.79. The number of ether oxygens (including phenoxy) is 3. The Hall–Kier alpha value is -2.53. The van der Waals surface area contributed by atoms with Crippen LogP contribution in [-0.2, 0) is 11.3 Å². The van der Waals surface area contributed by atoms with Gasteiger partial charge in [-0.2, -0.15) is 0 Å². The van der Waals surface area contributed by atoms with Gasteiger partial charge in [0.1, 0.15) is 11.5 Å². The first-order valence-electron chi connectivity index (χ1n) is 8.79. The molecule has 2 aromatic carbocycles. The number of esters is 1. The van der Waals surface area contributed by atoms with E-state index in [4.69, 9.17) is 14.2 Å². The minimum atomic E-state index is -0.309. The number of likely N-dealkylation sites (tertiary alicyclic amines) is 1. The van der Waals surface area contributed by atoms with Gasteiger partial charge in [0.2, 0.25) is 0 Å². The van der Waals surface area contributed by atoms with E-state index in [2.05, 4.69) is 11.0 Å². The van der Waals surface area contributed by atoms with Gasteiger partial charge >= 0.3 is 5.97 Å². The smallest absolute Gasteiger partial charge is 0.337 e. The minimum Gasteiger partial charge on any atom is -0.497 e. The lowest BCUT2D eigenvalue weighted by Crippen LogP contribution is -2.23. The van der Waals surface area contributed by atoms with E-state index in [1.807, 2.05) is 36.4 Å². The Balaban J connectivity index is 1.79. The number of nitrogens with zero attached hydrogens (tertiary/aromatic N) is 1. The minimum absolute atomic E-state index is 0.292. The normalized spacial score (nSPS) is 17.1. The Labute approximate surface area is 154 Å². The van der Waals surface area contributed by atoms with Crippen LogP contribution >= 0.6 is 0 Å². The molecular formula is C21H25NO4. The van der Waals surface area contributed by atoms with Gasteiger partial charge in [0, 0.05) is 18.2 Å². The SMILES string of the molecule is COC(=O)c1ccc(CN2CCCC2c2cc(OC)ccc2OC)cc1. The van der Waals surface area contributed by atoms with Crippen LogP contribution in [0.1, 0.15) is 40.4 Å². The molecule has 0 aliphatic carbocycles. The van der Waals surface area contributed by atoms with Gasteiger partial charge in [0.05, 0.1) is 26.9 Å². The van der Waals surface area contributed by atoms with Gasteiger partial charge in [-0.1, -0.05) is 12.1 Å². The molecule has 0 bridgehead atoms. The Kier molecular flexibility index (Phi) is 5.78. The van der Waals surface area contributed by atoms with E-state index in [0.29, 0.717) is 11.6 Å². The summed E-state index contributed by atoms with van der Waals surface area (Å²) in [6, 6.07) is 13.9. The second kappa shape index (κ2) is 8.23. The summed E-state index contributed by atoms with van der Waals surface area (Å²) in [7, 11) is 4.78. The largest absolute Gasteiger partial charge is 0.497 e. The van der Waals surface area contributed by atoms with Crippen LogP contribution in [0.2, 0.25) is 0 Å². The molecule has 1 saturated heterocycles. The van der Waals surface area contributed by atoms with E-state index in [-0.39, 0.29) is 5.97 Å². The summed E-state index contributed by atoms with van der Waals surface area (Å²) in [6.07, 6.45) is 2.23. The average molecular weight is 355 g/mol. The number of benzene rings is 2. The van der Waals surface area contributed by atoms with E-state index < -0.39 is 0 Å². The van der Waals surface area contributed by atoms with Crippen LogP contribution in [0, 0.1) is 0 Å². The van der Waals surface area contributed by atoms with Crippen molar-refractivity contribution in [1.29, 1.82) is 0 Å². The third-order valence-electron chi connectivity index (χ3n) is 4.92. The van der Waals surface area contributed by atoms with Crippen molar-refractivity contribution in [3.8, 4) is 11.5 Å². The Morgan fingerprint density at radius 1 is 1.08 bits per heavy atom. The standard InChI is InChI=1S/C21H25NO4/c1-24-17-10-11-20(25-2)18(13-17)19-5-4-12-22(19)14-15-6-8-16(9-7-15)21(23)26-3/h6-11,13,19H,4-5,12,14H2,1-3H3. The van der Waals surface area contributed by atoms with Gasteiger partial charge in [0.25, 0.3) is 0 Å². The van der Waals surface area contributed by atoms with Crippen LogP contribution in [0.4, 0.5) is 0 Å². The van der Waals surface area contributed by atoms with Crippen molar-refractivity contribution in [3.63, 3.8) is 0 Å². The lowest BCUT2D eigenvalue weighted by Gasteiger charge is -2.26. The zero-order chi connectivity index (χ0) is 18.5. The second-order valence-corrected chi connectivity index (χ2v) is 6.42. The first-order chi connectivity index (χ1) is 12.7. The van der Waals surface area contributed by atoms with Gasteiger partial charge in [-0.3, -0.25) is 4.90 Å². The Morgan fingerprint density at radius 2 is 1.85 bits per heavy atom. The molecule has 0 spiro atoms. The van der Waals surface area contributed by atoms with Crippen molar-refractivity contribution >= 4 is 5.97 Å². The maximum atomic E-state index is 11.6. The average Bonchev–Trinajstić information content (AvgIpc) is 3.15. The number of carbonyl (C=O) groups excluding carboxylic acids is 1. The molecule has 1 fully saturated rings. The third-order valence-corrected chi connectivity index (χ3v) is 4.92. The topological polar surface area (TPSA) is 48.0 Å². The maximum absolute atomic E-state index is 11.6. The summed E-state index contributed by atoms with van der Waals surface area (Å²) in [5.41, 5.74) is 2.91. The highest BCUT2D eigenvalue weighted by Gasteiger charge is 2.28. The summed E-state index contributed by atoms with van der Waals surface area (Å²) in [6.45, 7) is 1.86. The predicted molar refractivity (Wildman–Crippen MR) is 99.7 cm³/mol. The predicted octanol–water partition coefficient (Wildman–Crippen LogP) is 3.83. The zero-order valence-electron chi connectivity index (χ0n) is 15.5. The zero-order valence-corrected chi connectivity index (χ0v) is 15.5. The molecule has 3 rings (SSSR count). The number of hydrogen-bond acceptors (Lipinski definition) is 5. The van der Waals surface area contributed by atoms with E-state index in [1.54, 1.807) is 14.2 Å². The van der Waals surface area contributed by atoms with Crippen molar-refractivity contribution in [2.24, 2.45) is 0 Å². The first kappa shape index (κ1) is 18.3. The van der Waals surface area contributed by atoms with E-state index in [0.717, 1.165) is 43.0 Å². The van der Waals surface area contributed by atoms with Gasteiger partial charge in [-0.15, -0.1) is 0 Å². The fourth-order valence-electron chi connectivity index (χ4n) is 3.57. The van der Waals surface area contributed by atoms with Crippen LogP contribution in [-0.4, -0.2) is 38.7 Å². The molecule has 0 saturated carbocycles. The molecule has 0 aromatic heterocycles. The van der Waals surface area contributed by atoms with Crippen LogP contribution in [0.25, 0.3) is 0 Å². The van der Waals surface area contributed by atoms with E-state index in [9.17, 15) is 4.79 Å². The van der Waals surface area contributed by atoms with Crippen LogP contribution in [0.15, 0.2) is 42.5 Å². The number of carbonyl (C=O) groups is 1. The molecule has 0 radical (unpaired) electrons. The summed E-state index contributed by atoms with van der Waals surface area (Å²) in [5.74, 6) is 1.43. The highest BCUT2D eigenvalue weighted by molar-refractivity contribution is 5.89. The van der Waals surface area contributed by atoms with Gasteiger partial charge in [0.15, 0.2) is 0 Å². The summed E-state index contributed by atoms with van der Waals surface area (Å²) >= 11 is 0. The fourth-order valence-corrected chi connectivity index (χ4v) is 3.57. The highest BCUT2D eigenvalue weighted by atomic mass is 16.5. The van der Waals surface area contributed by atoms with Gasteiger partial charge in [-0.05, 0) is 55.3 Å². The van der Waals surface area contributed by atoms with Crippen LogP contribution in [0.5, 0.6) is 11.5 Å². The maximum Gasteiger partial charge on any atom is 0.337 e. The molecule has 5 heteroatoms. The number of hydrogen-bond donors (Lipinski definition) is 0. The molecule has 1 heterocycles. The summed E-state index contributed by atoms with van der Waals surface area (Å²) in [4.78, 5) is 14.0. The Bertz CT molecular complexity index is 757. The van der Waals surface area contributed by atoms with E-state index in [1.165, 1.54) is 12.7 Å². The highest BCUT2D eigenvalue weighted by Crippen LogP contribution is 2.39. The molecule has 2 aromatic rings. The summed E-state index contributed by atoms with van der Waals surface area (Å²) in [5, 5.41) is 0. The van der Waals surface area contributed by atoms with Crippen molar-refractivity contribution in [1.82, 2.24) is 4.90 Å². The van der Waals surface area contributed by atoms with Crippen molar-refractivity contribution in [2.45, 2.75) is 25.4 Å². The van der Waals surface area contributed by atoms with Gasteiger partial charge < -0.3 is 14.2 Å². The van der Waals surface area contributed by atoms with Crippen molar-refractivity contribution in [2.75, 3.05) is 27.9 Å². The van der Waals surface area contributed by atoms with Crippen LogP contribution in [0.3, 0.4) is 0 Å². The molecule has 1 atom stereocenters. The quantitative estimate of drug-likeness (QED) is 0.737. The molecule has 1 aliphatic heterocycles. The molecule has 26 heavy (non-hydrogen) atoms. The summed E-state index contributed by atoms with van der Waals surface area (Å²) < 4.78 is 15.7. The molecule has 1 aliphatic rings. The molecule has 0 amide bonds. The van der Waals surface area contributed by atoms with E-state index >= 15 is 0 Å². The van der Waals surface area contributed by atoms with Crippen LogP contribution < -0.4 is 9.47 Å². The third kappa shape index (κ3) is 3.83. The number of methoxy groups -OCH3 is 3. The number of rotatable bonds is 6. The second-order valence-electron chi connectivity index (χ2n) is 6.42. The molecular weight excluding hydrogens is 330 g/mol. The van der Waals surface area contributed by atoms with Crippen molar-refractivity contribution in [3.05, 3.63) is 59.2 Å². The molecule has 5 nitrogen and oxygen atoms in total. The Morgan fingerprint density at radius 3 is 2.50 bits per heavy atom. The molecule has 138 valence electrons. The van der Waals surface area contributed by atoms with Gasteiger partial charge in [-0.25, -0.2) is 4.79 Å². The fraction of sp³-hybridized carbons (Fsp3) is 0.381. The lowest BCUT2D eigenvalue weighted by atomic mass is 10.0. The van der Waals surface area contributed by atoms with Crippen molar-refractivity contribution < 1.29 is 19.0 Å². The molecule has 1 unspecified atom stereocenters. The molecule has 0 N–H and O–H groups in total. The monoisotopic (exact) mass is 355 g/mol. The lowest BCUT2D eigenvalue weighted by molar-refractivity contribution is 0.0600.